The average molecular weight is 353 g/mol. The van der Waals surface area contributed by atoms with Crippen LogP contribution in [0.15, 0.2) is 23.1 Å². The highest BCUT2D eigenvalue weighted by molar-refractivity contribution is 5.71. The topological polar surface area (TPSA) is 85.7 Å². The largest absolute Gasteiger partial charge is 0.424 e. The van der Waals surface area contributed by atoms with E-state index in [0.717, 1.165) is 37.3 Å². The van der Waals surface area contributed by atoms with Gasteiger partial charge in [0.05, 0.1) is 5.69 Å². The molecule has 3 aromatic rings. The molecule has 3 heterocycles. The zero-order chi connectivity index (χ0) is 18.1. The molecule has 0 amide bonds. The van der Waals surface area contributed by atoms with Gasteiger partial charge in [0.15, 0.2) is 16.9 Å². The van der Waals surface area contributed by atoms with Crippen LogP contribution in [0, 0.1) is 6.92 Å². The number of fused-ring (bicyclic) bond motifs is 1. The number of ether oxygens (including phenoxy) is 1. The van der Waals surface area contributed by atoms with Gasteiger partial charge in [-0.3, -0.25) is 14.8 Å². The second-order valence-corrected chi connectivity index (χ2v) is 6.84. The molecule has 0 atom stereocenters. The molecule has 0 radical (unpaired) electrons. The molecule has 1 N–H and O–H groups in total. The van der Waals surface area contributed by atoms with Crippen molar-refractivity contribution in [1.29, 1.82) is 0 Å². The normalized spacial score (nSPS) is 15.0. The van der Waals surface area contributed by atoms with Gasteiger partial charge in [-0.25, -0.2) is 4.98 Å². The van der Waals surface area contributed by atoms with Crippen molar-refractivity contribution in [3.8, 4) is 11.8 Å². The van der Waals surface area contributed by atoms with E-state index < -0.39 is 0 Å². The lowest BCUT2D eigenvalue weighted by atomic mass is 10.1. The molecular formula is C19H23N5O2. The van der Waals surface area contributed by atoms with E-state index in [9.17, 15) is 4.79 Å². The lowest BCUT2D eigenvalue weighted by molar-refractivity contribution is 0.436. The quantitative estimate of drug-likeness (QED) is 0.756. The average Bonchev–Trinajstić information content (AvgIpc) is 3.25. The molecule has 4 rings (SSSR count). The fourth-order valence-electron chi connectivity index (χ4n) is 3.72. The summed E-state index contributed by atoms with van der Waals surface area (Å²) in [5, 5.41) is 0. The summed E-state index contributed by atoms with van der Waals surface area (Å²) in [7, 11) is 0. The fraction of sp³-hybridized carbons (Fsp3) is 0.474. The van der Waals surface area contributed by atoms with Crippen LogP contribution in [0.5, 0.6) is 11.8 Å². The Labute approximate surface area is 151 Å². The zero-order valence-electron chi connectivity index (χ0n) is 15.2. The van der Waals surface area contributed by atoms with Gasteiger partial charge in [-0.05, 0) is 38.3 Å². The third-order valence-electron chi connectivity index (χ3n) is 4.95. The number of imidazole rings is 1. The zero-order valence-corrected chi connectivity index (χ0v) is 15.2. The number of H-pyrrole nitrogens is 1. The Bertz CT molecular complexity index is 985. The summed E-state index contributed by atoms with van der Waals surface area (Å²) in [5.41, 5.74) is 1.53. The summed E-state index contributed by atoms with van der Waals surface area (Å²) >= 11 is 0. The predicted octanol–water partition coefficient (Wildman–Crippen LogP) is 3.68. The number of hydrogen-bond acceptors (Lipinski definition) is 5. The number of nitrogens with zero attached hydrogens (tertiary/aromatic N) is 4. The van der Waals surface area contributed by atoms with Gasteiger partial charge in [0.25, 0.3) is 5.56 Å². The molecule has 0 saturated heterocycles. The molecular weight excluding hydrogens is 330 g/mol. The Kier molecular flexibility index (Phi) is 4.44. The molecule has 1 saturated carbocycles. The van der Waals surface area contributed by atoms with Crippen LogP contribution in [-0.2, 0) is 6.54 Å². The maximum absolute atomic E-state index is 12.7. The van der Waals surface area contributed by atoms with Gasteiger partial charge < -0.3 is 9.30 Å². The maximum atomic E-state index is 12.7. The van der Waals surface area contributed by atoms with Gasteiger partial charge in [-0.1, -0.05) is 19.8 Å². The van der Waals surface area contributed by atoms with Crippen molar-refractivity contribution in [3.05, 3.63) is 40.2 Å². The van der Waals surface area contributed by atoms with Gasteiger partial charge in [0.1, 0.15) is 5.82 Å². The Morgan fingerprint density at radius 3 is 2.85 bits per heavy atom. The standard InChI is InChI=1S/C19H23N5O2/c1-3-11-24-15-16(21-17(24)13-7-4-5-8-13)22-19(23-18(15)25)26-14-9-6-10-20-12(14)2/h6,9-10,13H,3-5,7-8,11H2,1-2H3,(H,22,23,25). The third kappa shape index (κ3) is 2.98. The monoisotopic (exact) mass is 353 g/mol. The summed E-state index contributed by atoms with van der Waals surface area (Å²) in [6.07, 6.45) is 7.34. The Morgan fingerprint density at radius 2 is 2.12 bits per heavy atom. The minimum absolute atomic E-state index is 0.151. The number of rotatable bonds is 5. The van der Waals surface area contributed by atoms with Crippen molar-refractivity contribution in [2.75, 3.05) is 0 Å². The molecule has 26 heavy (non-hydrogen) atoms. The molecule has 3 aromatic heterocycles. The van der Waals surface area contributed by atoms with Crippen molar-refractivity contribution >= 4 is 11.2 Å². The summed E-state index contributed by atoms with van der Waals surface area (Å²) in [4.78, 5) is 28.9. The number of pyridine rings is 1. The predicted molar refractivity (Wildman–Crippen MR) is 98.7 cm³/mol. The van der Waals surface area contributed by atoms with Crippen molar-refractivity contribution in [2.24, 2.45) is 0 Å². The fourth-order valence-corrected chi connectivity index (χ4v) is 3.72. The van der Waals surface area contributed by atoms with E-state index in [1.165, 1.54) is 12.8 Å². The van der Waals surface area contributed by atoms with Gasteiger partial charge in [-0.15, -0.1) is 0 Å². The van der Waals surface area contributed by atoms with Gasteiger partial charge >= 0.3 is 6.01 Å². The van der Waals surface area contributed by atoms with E-state index in [1.54, 1.807) is 18.3 Å². The highest BCUT2D eigenvalue weighted by Crippen LogP contribution is 2.34. The van der Waals surface area contributed by atoms with Gasteiger partial charge in [0, 0.05) is 18.7 Å². The number of aryl methyl sites for hydroxylation is 2. The van der Waals surface area contributed by atoms with Crippen molar-refractivity contribution in [3.63, 3.8) is 0 Å². The van der Waals surface area contributed by atoms with Crippen LogP contribution in [-0.4, -0.2) is 24.5 Å². The van der Waals surface area contributed by atoms with Gasteiger partial charge in [-0.2, -0.15) is 4.98 Å². The summed E-state index contributed by atoms with van der Waals surface area (Å²) in [5.74, 6) is 1.98. The highest BCUT2D eigenvalue weighted by Gasteiger charge is 2.25. The Morgan fingerprint density at radius 1 is 1.31 bits per heavy atom. The minimum atomic E-state index is -0.211. The van der Waals surface area contributed by atoms with Crippen LogP contribution >= 0.6 is 0 Å². The molecule has 136 valence electrons. The molecule has 1 fully saturated rings. The first-order valence-electron chi connectivity index (χ1n) is 9.27. The first-order chi connectivity index (χ1) is 12.7. The van der Waals surface area contributed by atoms with E-state index in [1.807, 2.05) is 6.92 Å². The Balaban J connectivity index is 1.79. The smallest absolute Gasteiger partial charge is 0.304 e. The molecule has 1 aliphatic rings. The van der Waals surface area contributed by atoms with Crippen molar-refractivity contribution in [2.45, 2.75) is 58.4 Å². The van der Waals surface area contributed by atoms with E-state index in [0.29, 0.717) is 22.8 Å². The number of hydrogen-bond donors (Lipinski definition) is 1. The molecule has 1 aliphatic carbocycles. The first kappa shape index (κ1) is 16.8. The highest BCUT2D eigenvalue weighted by atomic mass is 16.5. The second-order valence-electron chi connectivity index (χ2n) is 6.84. The number of aromatic amines is 1. The van der Waals surface area contributed by atoms with Crippen LogP contribution in [0.4, 0.5) is 0 Å². The van der Waals surface area contributed by atoms with E-state index in [2.05, 4.69) is 26.4 Å². The molecule has 0 aliphatic heterocycles. The number of nitrogens with one attached hydrogen (secondary N) is 1. The van der Waals surface area contributed by atoms with Crippen molar-refractivity contribution < 1.29 is 4.74 Å². The second kappa shape index (κ2) is 6.90. The van der Waals surface area contributed by atoms with E-state index >= 15 is 0 Å². The number of aromatic nitrogens is 5. The van der Waals surface area contributed by atoms with Crippen LogP contribution in [0.2, 0.25) is 0 Å². The molecule has 0 aromatic carbocycles. The maximum Gasteiger partial charge on any atom is 0.304 e. The van der Waals surface area contributed by atoms with Gasteiger partial charge in [0.2, 0.25) is 0 Å². The Hall–Kier alpha value is -2.70. The molecule has 0 unspecified atom stereocenters. The van der Waals surface area contributed by atoms with Crippen LogP contribution in [0.3, 0.4) is 0 Å². The third-order valence-corrected chi connectivity index (χ3v) is 4.95. The SMILES string of the molecule is CCCn1c(C2CCCC2)nc2nc(Oc3cccnc3C)[nH]c(=O)c21. The lowest BCUT2D eigenvalue weighted by Gasteiger charge is -2.12. The molecule has 0 spiro atoms. The van der Waals surface area contributed by atoms with Crippen LogP contribution < -0.4 is 10.3 Å². The molecule has 7 heteroatoms. The summed E-state index contributed by atoms with van der Waals surface area (Å²) in [6.45, 7) is 4.73. The first-order valence-corrected chi connectivity index (χ1v) is 9.27. The van der Waals surface area contributed by atoms with Crippen molar-refractivity contribution in [1.82, 2.24) is 24.5 Å². The van der Waals surface area contributed by atoms with E-state index in [4.69, 9.17) is 9.72 Å². The van der Waals surface area contributed by atoms with Crippen LogP contribution in [0.1, 0.15) is 56.5 Å². The summed E-state index contributed by atoms with van der Waals surface area (Å²) in [6, 6.07) is 3.73. The minimum Gasteiger partial charge on any atom is -0.424 e. The lowest BCUT2D eigenvalue weighted by Crippen LogP contribution is -2.15. The summed E-state index contributed by atoms with van der Waals surface area (Å²) < 4.78 is 7.81. The molecule has 0 bridgehead atoms. The van der Waals surface area contributed by atoms with E-state index in [-0.39, 0.29) is 11.6 Å². The molecule has 7 nitrogen and oxygen atoms in total. The van der Waals surface area contributed by atoms with Crippen LogP contribution in [0.25, 0.3) is 11.2 Å².